The molecule has 0 atom stereocenters. The minimum absolute atomic E-state index is 0.207. The summed E-state index contributed by atoms with van der Waals surface area (Å²) in [6, 6.07) is 11.3. The molecule has 0 bridgehead atoms. The summed E-state index contributed by atoms with van der Waals surface area (Å²) in [5, 5.41) is 9.03. The molecule has 2 heterocycles. The molecule has 1 aromatic carbocycles. The van der Waals surface area contributed by atoms with Crippen LogP contribution >= 0.6 is 0 Å². The van der Waals surface area contributed by atoms with Crippen LogP contribution in [0.1, 0.15) is 21.5 Å². The van der Waals surface area contributed by atoms with Crippen LogP contribution in [0.15, 0.2) is 55.1 Å². The van der Waals surface area contributed by atoms with Crippen LogP contribution in [0.3, 0.4) is 0 Å². The van der Waals surface area contributed by atoms with Gasteiger partial charge in [0.05, 0.1) is 17.6 Å². The van der Waals surface area contributed by atoms with E-state index in [9.17, 15) is 4.79 Å². The third kappa shape index (κ3) is 3.03. The van der Waals surface area contributed by atoms with Crippen molar-refractivity contribution in [3.8, 4) is 11.4 Å². The number of benzene rings is 1. The lowest BCUT2D eigenvalue weighted by Gasteiger charge is -2.03. The van der Waals surface area contributed by atoms with Gasteiger partial charge in [-0.15, -0.1) is 0 Å². The van der Waals surface area contributed by atoms with Crippen LogP contribution in [-0.2, 0) is 6.54 Å². The largest absolute Gasteiger partial charge is 0.478 e. The third-order valence-electron chi connectivity index (χ3n) is 3.35. The molecule has 110 valence electrons. The first-order valence-electron chi connectivity index (χ1n) is 6.89. The molecule has 0 aliphatic heterocycles. The fourth-order valence-electron chi connectivity index (χ4n) is 2.30. The van der Waals surface area contributed by atoms with E-state index in [0.717, 1.165) is 0 Å². The van der Waals surface area contributed by atoms with Crippen molar-refractivity contribution in [1.29, 1.82) is 0 Å². The van der Waals surface area contributed by atoms with E-state index in [2.05, 4.69) is 35.1 Å². The number of hydrogen-bond acceptors (Lipinski definition) is 3. The first kappa shape index (κ1) is 14.0. The zero-order valence-corrected chi connectivity index (χ0v) is 12.1. The van der Waals surface area contributed by atoms with Crippen LogP contribution in [0.25, 0.3) is 11.4 Å². The molecule has 0 unspecified atom stereocenters. The second kappa shape index (κ2) is 5.81. The number of carbonyl (C=O) groups is 1. The van der Waals surface area contributed by atoms with Gasteiger partial charge in [-0.1, -0.05) is 29.8 Å². The highest BCUT2D eigenvalue weighted by atomic mass is 16.4. The highest BCUT2D eigenvalue weighted by Crippen LogP contribution is 2.16. The lowest BCUT2D eigenvalue weighted by atomic mass is 10.1. The zero-order chi connectivity index (χ0) is 15.5. The number of rotatable bonds is 4. The summed E-state index contributed by atoms with van der Waals surface area (Å²) < 4.78 is 1.96. The second-order valence-electron chi connectivity index (χ2n) is 5.16. The Balaban J connectivity index is 1.84. The van der Waals surface area contributed by atoms with E-state index in [1.807, 2.05) is 16.8 Å². The smallest absolute Gasteiger partial charge is 0.335 e. The number of carboxylic acid groups (broad SMARTS) is 1. The van der Waals surface area contributed by atoms with Gasteiger partial charge < -0.3 is 9.67 Å². The lowest BCUT2D eigenvalue weighted by molar-refractivity contribution is 0.0697. The Kier molecular flexibility index (Phi) is 3.70. The van der Waals surface area contributed by atoms with Gasteiger partial charge in [0.2, 0.25) is 0 Å². The fraction of sp³-hybridized carbons (Fsp3) is 0.118. The van der Waals surface area contributed by atoms with Crippen molar-refractivity contribution in [2.45, 2.75) is 13.5 Å². The summed E-state index contributed by atoms with van der Waals surface area (Å²) in [4.78, 5) is 19.5. The van der Waals surface area contributed by atoms with Crippen molar-refractivity contribution in [3.63, 3.8) is 0 Å². The molecule has 3 rings (SSSR count). The van der Waals surface area contributed by atoms with Gasteiger partial charge in [-0.3, -0.25) is 4.98 Å². The normalized spacial score (nSPS) is 10.6. The summed E-state index contributed by atoms with van der Waals surface area (Å²) >= 11 is 0. The van der Waals surface area contributed by atoms with Gasteiger partial charge >= 0.3 is 5.97 Å². The molecule has 1 N–H and O–H groups in total. The molecule has 0 fully saturated rings. The number of aromatic carboxylic acids is 1. The molecule has 0 aliphatic carbocycles. The first-order chi connectivity index (χ1) is 10.6. The van der Waals surface area contributed by atoms with Crippen LogP contribution < -0.4 is 0 Å². The number of imidazole rings is 1. The van der Waals surface area contributed by atoms with Gasteiger partial charge in [-0.25, -0.2) is 9.78 Å². The van der Waals surface area contributed by atoms with E-state index >= 15 is 0 Å². The minimum atomic E-state index is -0.970. The average Bonchev–Trinajstić information content (AvgIpc) is 2.96. The molecule has 22 heavy (non-hydrogen) atoms. The highest BCUT2D eigenvalue weighted by molar-refractivity contribution is 5.88. The molecular weight excluding hydrogens is 278 g/mol. The third-order valence-corrected chi connectivity index (χ3v) is 3.35. The Morgan fingerprint density at radius 2 is 2.05 bits per heavy atom. The Labute approximate surface area is 127 Å². The lowest BCUT2D eigenvalue weighted by Crippen LogP contribution is -1.97. The quantitative estimate of drug-likeness (QED) is 0.803. The number of aromatic nitrogens is 3. The molecule has 5 nitrogen and oxygen atoms in total. The van der Waals surface area contributed by atoms with Gasteiger partial charge in [0, 0.05) is 18.9 Å². The summed E-state index contributed by atoms with van der Waals surface area (Å²) in [5.41, 5.74) is 3.83. The molecule has 0 saturated carbocycles. The molecule has 5 heteroatoms. The predicted molar refractivity (Wildman–Crippen MR) is 82.7 cm³/mol. The molecule has 0 amide bonds. The number of hydrogen-bond donors (Lipinski definition) is 1. The molecule has 2 aromatic heterocycles. The minimum Gasteiger partial charge on any atom is -0.478 e. The Morgan fingerprint density at radius 1 is 1.18 bits per heavy atom. The van der Waals surface area contributed by atoms with E-state index in [1.165, 1.54) is 29.5 Å². The van der Waals surface area contributed by atoms with E-state index in [0.29, 0.717) is 17.9 Å². The molecule has 0 saturated heterocycles. The van der Waals surface area contributed by atoms with Crippen LogP contribution in [0.2, 0.25) is 0 Å². The van der Waals surface area contributed by atoms with Gasteiger partial charge in [-0.05, 0) is 24.6 Å². The Hall–Kier alpha value is -2.95. The van der Waals surface area contributed by atoms with Gasteiger partial charge in [-0.2, -0.15) is 0 Å². The summed E-state index contributed by atoms with van der Waals surface area (Å²) in [6.07, 6.45) is 5.08. The van der Waals surface area contributed by atoms with E-state index in [4.69, 9.17) is 5.11 Å². The summed E-state index contributed by atoms with van der Waals surface area (Å²) in [6.45, 7) is 2.78. The van der Waals surface area contributed by atoms with Gasteiger partial charge in [0.15, 0.2) is 0 Å². The summed E-state index contributed by atoms with van der Waals surface area (Å²) in [5.74, 6) is -0.970. The Morgan fingerprint density at radius 3 is 2.82 bits per heavy atom. The molecule has 0 radical (unpaired) electrons. The number of carboxylic acids is 1. The van der Waals surface area contributed by atoms with E-state index < -0.39 is 5.97 Å². The topological polar surface area (TPSA) is 68.0 Å². The van der Waals surface area contributed by atoms with Gasteiger partial charge in [0.1, 0.15) is 5.69 Å². The second-order valence-corrected chi connectivity index (χ2v) is 5.16. The molecular formula is C17H15N3O2. The zero-order valence-electron chi connectivity index (χ0n) is 12.1. The van der Waals surface area contributed by atoms with Crippen molar-refractivity contribution >= 4 is 5.97 Å². The van der Waals surface area contributed by atoms with Crippen LogP contribution in [0, 0.1) is 6.92 Å². The van der Waals surface area contributed by atoms with Crippen molar-refractivity contribution in [2.24, 2.45) is 0 Å². The van der Waals surface area contributed by atoms with Crippen molar-refractivity contribution < 1.29 is 9.90 Å². The SMILES string of the molecule is Cc1cccc(Cn2cnc(-c3cc(C(=O)O)ccn3)c2)c1. The predicted octanol–water partition coefficient (Wildman–Crippen LogP) is 3.00. The summed E-state index contributed by atoms with van der Waals surface area (Å²) in [7, 11) is 0. The van der Waals surface area contributed by atoms with E-state index in [-0.39, 0.29) is 5.56 Å². The van der Waals surface area contributed by atoms with Gasteiger partial charge in [0.25, 0.3) is 0 Å². The monoisotopic (exact) mass is 293 g/mol. The van der Waals surface area contributed by atoms with Crippen molar-refractivity contribution in [1.82, 2.24) is 14.5 Å². The first-order valence-corrected chi connectivity index (χ1v) is 6.89. The molecule has 0 spiro atoms. The highest BCUT2D eigenvalue weighted by Gasteiger charge is 2.08. The molecule has 3 aromatic rings. The maximum Gasteiger partial charge on any atom is 0.335 e. The number of aryl methyl sites for hydroxylation is 1. The maximum atomic E-state index is 11.0. The standard InChI is InChI=1S/C17H15N3O2/c1-12-3-2-4-13(7-12)9-20-10-16(19-11-20)15-8-14(17(21)22)5-6-18-15/h2-8,10-11H,9H2,1H3,(H,21,22). The molecule has 0 aliphatic rings. The average molecular weight is 293 g/mol. The maximum absolute atomic E-state index is 11.0. The number of pyridine rings is 1. The van der Waals surface area contributed by atoms with Crippen LogP contribution in [0.4, 0.5) is 0 Å². The van der Waals surface area contributed by atoms with Crippen molar-refractivity contribution in [3.05, 3.63) is 71.8 Å². The van der Waals surface area contributed by atoms with Crippen molar-refractivity contribution in [2.75, 3.05) is 0 Å². The van der Waals surface area contributed by atoms with E-state index in [1.54, 1.807) is 6.33 Å². The Bertz CT molecular complexity index is 824. The van der Waals surface area contributed by atoms with Crippen LogP contribution in [0.5, 0.6) is 0 Å². The fourth-order valence-corrected chi connectivity index (χ4v) is 2.30. The van der Waals surface area contributed by atoms with Crippen LogP contribution in [-0.4, -0.2) is 25.6 Å². The number of nitrogens with zero attached hydrogens (tertiary/aromatic N) is 3.